The zero-order valence-corrected chi connectivity index (χ0v) is 21.5. The fraction of sp³-hybridized carbons (Fsp3) is 0.286. The highest BCUT2D eigenvalue weighted by Crippen LogP contribution is 2.26. The molecule has 1 aromatic heterocycles. The number of carbonyl (C=O) groups excluding carboxylic acids is 3. The summed E-state index contributed by atoms with van der Waals surface area (Å²) >= 11 is 0. The highest BCUT2D eigenvalue weighted by molar-refractivity contribution is 5.95. The molecule has 0 spiro atoms. The van der Waals surface area contributed by atoms with E-state index in [1.165, 1.54) is 4.68 Å². The van der Waals surface area contributed by atoms with Gasteiger partial charge in [-0.25, -0.2) is 9.48 Å². The summed E-state index contributed by atoms with van der Waals surface area (Å²) in [6.45, 7) is 4.90. The van der Waals surface area contributed by atoms with Gasteiger partial charge >= 0.3 is 12.1 Å². The SMILES string of the molecule is CC(C)(C)OC(=O)CC(NC(=O)OCc1ccccc1)C(=O)Cn1nnnc1-c1cccc2ccccc12. The van der Waals surface area contributed by atoms with Crippen molar-refractivity contribution in [3.8, 4) is 11.4 Å². The smallest absolute Gasteiger partial charge is 0.408 e. The molecule has 0 bridgehead atoms. The van der Waals surface area contributed by atoms with Crippen molar-refractivity contribution in [3.63, 3.8) is 0 Å². The molecule has 0 aliphatic heterocycles. The Labute approximate surface area is 219 Å². The number of aromatic nitrogens is 4. The highest BCUT2D eigenvalue weighted by Gasteiger charge is 2.29. The van der Waals surface area contributed by atoms with Gasteiger partial charge in [0.05, 0.1) is 6.42 Å². The summed E-state index contributed by atoms with van der Waals surface area (Å²) < 4.78 is 12.0. The number of ketones is 1. The van der Waals surface area contributed by atoms with Crippen LogP contribution < -0.4 is 5.32 Å². The van der Waals surface area contributed by atoms with Crippen LogP contribution in [-0.4, -0.2) is 49.7 Å². The van der Waals surface area contributed by atoms with Crippen LogP contribution in [0.2, 0.25) is 0 Å². The number of tetrazole rings is 1. The largest absolute Gasteiger partial charge is 0.460 e. The van der Waals surface area contributed by atoms with E-state index in [1.54, 1.807) is 20.8 Å². The van der Waals surface area contributed by atoms with Crippen LogP contribution in [-0.2, 0) is 32.2 Å². The lowest BCUT2D eigenvalue weighted by Crippen LogP contribution is -2.45. The molecule has 1 atom stereocenters. The molecule has 10 nitrogen and oxygen atoms in total. The lowest BCUT2D eigenvalue weighted by molar-refractivity contribution is -0.156. The van der Waals surface area contributed by atoms with Gasteiger partial charge in [0.2, 0.25) is 0 Å². The molecule has 0 saturated carbocycles. The average molecular weight is 516 g/mol. The average Bonchev–Trinajstić information content (AvgIpc) is 3.34. The van der Waals surface area contributed by atoms with Crippen molar-refractivity contribution in [2.75, 3.05) is 0 Å². The maximum Gasteiger partial charge on any atom is 0.408 e. The van der Waals surface area contributed by atoms with Crippen LogP contribution in [0, 0.1) is 0 Å². The monoisotopic (exact) mass is 515 g/mol. The minimum absolute atomic E-state index is 0.0121. The van der Waals surface area contributed by atoms with Crippen molar-refractivity contribution < 1.29 is 23.9 Å². The van der Waals surface area contributed by atoms with Crippen LogP contribution in [0.5, 0.6) is 0 Å². The third-order valence-corrected chi connectivity index (χ3v) is 5.55. The van der Waals surface area contributed by atoms with E-state index in [0.717, 1.165) is 21.9 Å². The van der Waals surface area contributed by atoms with Crippen molar-refractivity contribution >= 4 is 28.6 Å². The van der Waals surface area contributed by atoms with Gasteiger partial charge in [-0.05, 0) is 47.5 Å². The van der Waals surface area contributed by atoms with Crippen molar-refractivity contribution in [2.24, 2.45) is 0 Å². The molecule has 3 aromatic carbocycles. The van der Waals surface area contributed by atoms with Crippen LogP contribution in [0.15, 0.2) is 72.8 Å². The number of esters is 1. The summed E-state index contributed by atoms with van der Waals surface area (Å²) in [7, 11) is 0. The highest BCUT2D eigenvalue weighted by atomic mass is 16.6. The Morgan fingerprint density at radius 1 is 0.947 bits per heavy atom. The molecule has 4 aromatic rings. The van der Waals surface area contributed by atoms with Gasteiger partial charge in [0.15, 0.2) is 11.6 Å². The molecule has 0 fully saturated rings. The Morgan fingerprint density at radius 3 is 2.42 bits per heavy atom. The second kappa shape index (κ2) is 11.6. The second-order valence-electron chi connectivity index (χ2n) is 9.70. The number of nitrogens with zero attached hydrogens (tertiary/aromatic N) is 4. The molecule has 1 unspecified atom stereocenters. The summed E-state index contributed by atoms with van der Waals surface area (Å²) in [6.07, 6.45) is -1.20. The predicted octanol–water partition coefficient (Wildman–Crippen LogP) is 4.09. The molecule has 1 amide bonds. The van der Waals surface area contributed by atoms with Crippen molar-refractivity contribution in [1.29, 1.82) is 0 Å². The molecule has 1 heterocycles. The van der Waals surface area contributed by atoms with E-state index < -0.39 is 29.5 Å². The van der Waals surface area contributed by atoms with Crippen LogP contribution in [0.3, 0.4) is 0 Å². The lowest BCUT2D eigenvalue weighted by Gasteiger charge is -2.22. The number of amides is 1. The molecule has 38 heavy (non-hydrogen) atoms. The van der Waals surface area contributed by atoms with Crippen molar-refractivity contribution in [1.82, 2.24) is 25.5 Å². The Kier molecular flexibility index (Phi) is 8.10. The summed E-state index contributed by atoms with van der Waals surface area (Å²) in [5.74, 6) is -0.732. The van der Waals surface area contributed by atoms with Crippen LogP contribution in [0.4, 0.5) is 4.79 Å². The Hall–Kier alpha value is -4.60. The van der Waals surface area contributed by atoms with Gasteiger partial charge in [0.1, 0.15) is 24.8 Å². The van der Waals surface area contributed by atoms with Gasteiger partial charge in [-0.2, -0.15) is 0 Å². The number of rotatable bonds is 9. The van der Waals surface area contributed by atoms with Crippen molar-refractivity contribution in [3.05, 3.63) is 78.4 Å². The fourth-order valence-electron chi connectivity index (χ4n) is 3.88. The standard InChI is InChI=1S/C28H29N5O5/c1-28(2,3)38-25(35)16-23(29-27(36)37-18-19-10-5-4-6-11-19)24(34)17-33-26(30-31-32-33)22-15-9-13-20-12-7-8-14-21(20)22/h4-15,23H,16-18H2,1-3H3,(H,29,36). The number of hydrogen-bond acceptors (Lipinski definition) is 8. The minimum Gasteiger partial charge on any atom is -0.460 e. The fourth-order valence-corrected chi connectivity index (χ4v) is 3.88. The molecule has 0 saturated heterocycles. The van der Waals surface area contributed by atoms with Gasteiger partial charge in [-0.1, -0.05) is 72.8 Å². The van der Waals surface area contributed by atoms with E-state index in [0.29, 0.717) is 5.82 Å². The first kappa shape index (κ1) is 26.5. The molecule has 10 heteroatoms. The van der Waals surface area contributed by atoms with Gasteiger partial charge in [0, 0.05) is 5.56 Å². The molecular formula is C28H29N5O5. The van der Waals surface area contributed by atoms with E-state index in [1.807, 2.05) is 72.8 Å². The maximum atomic E-state index is 13.4. The molecule has 0 aliphatic rings. The van der Waals surface area contributed by atoms with E-state index in [-0.39, 0.29) is 19.6 Å². The van der Waals surface area contributed by atoms with Crippen LogP contribution >= 0.6 is 0 Å². The minimum atomic E-state index is -1.21. The van der Waals surface area contributed by atoms with Crippen molar-refractivity contribution in [2.45, 2.75) is 52.0 Å². The third-order valence-electron chi connectivity index (χ3n) is 5.55. The third kappa shape index (κ3) is 7.00. The summed E-state index contributed by atoms with van der Waals surface area (Å²) in [5, 5.41) is 16.3. The zero-order valence-electron chi connectivity index (χ0n) is 21.5. The number of fused-ring (bicyclic) bond motifs is 1. The number of Topliss-reactive ketones (excluding diaryl/α,β-unsaturated/α-hetero) is 1. The van der Waals surface area contributed by atoms with Crippen LogP contribution in [0.1, 0.15) is 32.8 Å². The number of ether oxygens (including phenoxy) is 2. The second-order valence-corrected chi connectivity index (χ2v) is 9.70. The maximum absolute atomic E-state index is 13.4. The van der Waals surface area contributed by atoms with Gasteiger partial charge in [0.25, 0.3) is 0 Å². The Bertz CT molecular complexity index is 1420. The molecule has 196 valence electrons. The summed E-state index contributed by atoms with van der Waals surface area (Å²) in [6, 6.07) is 21.4. The number of benzene rings is 3. The summed E-state index contributed by atoms with van der Waals surface area (Å²) in [4.78, 5) is 38.5. The van der Waals surface area contributed by atoms with E-state index in [2.05, 4.69) is 20.8 Å². The van der Waals surface area contributed by atoms with E-state index in [9.17, 15) is 14.4 Å². The molecule has 4 rings (SSSR count). The number of carbonyl (C=O) groups is 3. The first-order chi connectivity index (χ1) is 18.2. The van der Waals surface area contributed by atoms with Crippen LogP contribution in [0.25, 0.3) is 22.2 Å². The number of nitrogens with one attached hydrogen (secondary N) is 1. The zero-order chi connectivity index (χ0) is 27.1. The Balaban J connectivity index is 1.52. The quantitative estimate of drug-likeness (QED) is 0.331. The number of alkyl carbamates (subject to hydrolysis) is 1. The Morgan fingerprint density at radius 2 is 1.66 bits per heavy atom. The first-order valence-corrected chi connectivity index (χ1v) is 12.2. The van der Waals surface area contributed by atoms with E-state index >= 15 is 0 Å². The van der Waals surface area contributed by atoms with Gasteiger partial charge in [-0.15, -0.1) is 5.10 Å². The lowest BCUT2D eigenvalue weighted by atomic mass is 10.0. The molecule has 0 aliphatic carbocycles. The molecule has 1 N–H and O–H groups in total. The summed E-state index contributed by atoms with van der Waals surface area (Å²) in [5.41, 5.74) is 0.779. The molecule has 0 radical (unpaired) electrons. The topological polar surface area (TPSA) is 125 Å². The normalized spacial score (nSPS) is 12.1. The molecular weight excluding hydrogens is 486 g/mol. The van der Waals surface area contributed by atoms with E-state index in [4.69, 9.17) is 9.47 Å². The number of hydrogen-bond donors (Lipinski definition) is 1. The van der Waals surface area contributed by atoms with Gasteiger partial charge < -0.3 is 14.8 Å². The predicted molar refractivity (Wildman–Crippen MR) is 140 cm³/mol. The first-order valence-electron chi connectivity index (χ1n) is 12.2. The van der Waals surface area contributed by atoms with Gasteiger partial charge in [-0.3, -0.25) is 9.59 Å².